The second kappa shape index (κ2) is 8.86. The fourth-order valence-corrected chi connectivity index (χ4v) is 3.38. The van der Waals surface area contributed by atoms with E-state index >= 15 is 0 Å². The number of carbonyl (C=O) groups is 2. The lowest BCUT2D eigenvalue weighted by Gasteiger charge is -2.34. The first-order valence-electron chi connectivity index (χ1n) is 9.44. The molecule has 1 N–H and O–H groups in total. The standard InChI is InChI=1S/C21H27N3O3/c1-16(2)20(17-7-4-3-5-8-17)22-19(25)15-23-10-12-24(13-11-23)21(26)18-9-6-14-27-18/h3-9,14,16,20H,10-13,15H2,1-2H3,(H,22,25). The van der Waals surface area contributed by atoms with E-state index in [1.807, 2.05) is 30.3 Å². The Morgan fingerprint density at radius 3 is 2.33 bits per heavy atom. The highest BCUT2D eigenvalue weighted by molar-refractivity contribution is 5.91. The Labute approximate surface area is 160 Å². The minimum absolute atomic E-state index is 0.000481. The van der Waals surface area contributed by atoms with Crippen LogP contribution in [-0.2, 0) is 4.79 Å². The molecule has 0 aliphatic carbocycles. The number of benzene rings is 1. The Balaban J connectivity index is 1.49. The van der Waals surface area contributed by atoms with Gasteiger partial charge in [0.25, 0.3) is 5.91 Å². The van der Waals surface area contributed by atoms with Crippen molar-refractivity contribution in [2.24, 2.45) is 5.92 Å². The summed E-state index contributed by atoms with van der Waals surface area (Å²) in [5, 5.41) is 3.16. The molecule has 2 aromatic rings. The van der Waals surface area contributed by atoms with E-state index in [4.69, 9.17) is 4.42 Å². The van der Waals surface area contributed by atoms with Crippen molar-refractivity contribution in [2.45, 2.75) is 19.9 Å². The van der Waals surface area contributed by atoms with E-state index in [-0.39, 0.29) is 17.9 Å². The van der Waals surface area contributed by atoms with Crippen LogP contribution in [0.1, 0.15) is 36.0 Å². The zero-order valence-electron chi connectivity index (χ0n) is 15.9. The smallest absolute Gasteiger partial charge is 0.289 e. The van der Waals surface area contributed by atoms with Crippen molar-refractivity contribution in [3.63, 3.8) is 0 Å². The number of furan rings is 1. The third-order valence-electron chi connectivity index (χ3n) is 4.90. The molecule has 0 radical (unpaired) electrons. The third kappa shape index (κ3) is 4.98. The minimum atomic E-state index is -0.0898. The molecule has 1 saturated heterocycles. The van der Waals surface area contributed by atoms with Crippen molar-refractivity contribution in [2.75, 3.05) is 32.7 Å². The molecule has 2 amide bonds. The number of nitrogens with zero attached hydrogens (tertiary/aromatic N) is 2. The van der Waals surface area contributed by atoms with Crippen molar-refractivity contribution >= 4 is 11.8 Å². The minimum Gasteiger partial charge on any atom is -0.459 e. The van der Waals surface area contributed by atoms with E-state index in [0.717, 1.165) is 5.56 Å². The summed E-state index contributed by atoms with van der Waals surface area (Å²) in [6, 6.07) is 13.4. The Kier molecular flexibility index (Phi) is 6.29. The highest BCUT2D eigenvalue weighted by atomic mass is 16.3. The molecule has 0 saturated carbocycles. The van der Waals surface area contributed by atoms with Gasteiger partial charge >= 0.3 is 0 Å². The summed E-state index contributed by atoms with van der Waals surface area (Å²) in [7, 11) is 0. The molecule has 0 bridgehead atoms. The maximum absolute atomic E-state index is 12.6. The molecule has 144 valence electrons. The number of carbonyl (C=O) groups excluding carboxylic acids is 2. The fourth-order valence-electron chi connectivity index (χ4n) is 3.38. The molecule has 1 aromatic heterocycles. The van der Waals surface area contributed by atoms with Crippen molar-refractivity contribution in [3.8, 4) is 0 Å². The summed E-state index contributed by atoms with van der Waals surface area (Å²) in [6.07, 6.45) is 1.51. The number of hydrogen-bond donors (Lipinski definition) is 1. The summed E-state index contributed by atoms with van der Waals surface area (Å²) in [4.78, 5) is 28.7. The summed E-state index contributed by atoms with van der Waals surface area (Å²) < 4.78 is 5.18. The molecule has 1 aliphatic rings. The number of nitrogens with one attached hydrogen (secondary N) is 1. The Morgan fingerprint density at radius 2 is 1.74 bits per heavy atom. The summed E-state index contributed by atoms with van der Waals surface area (Å²) in [6.45, 7) is 7.11. The van der Waals surface area contributed by atoms with Crippen LogP contribution in [0.25, 0.3) is 0 Å². The number of amides is 2. The molecule has 3 rings (SSSR count). The molecule has 27 heavy (non-hydrogen) atoms. The van der Waals surface area contributed by atoms with Crippen LogP contribution >= 0.6 is 0 Å². The van der Waals surface area contributed by atoms with Gasteiger partial charge in [0.05, 0.1) is 18.8 Å². The van der Waals surface area contributed by atoms with Gasteiger partial charge in [-0.15, -0.1) is 0 Å². The van der Waals surface area contributed by atoms with E-state index < -0.39 is 0 Å². The van der Waals surface area contributed by atoms with Gasteiger partial charge in [-0.3, -0.25) is 14.5 Å². The van der Waals surface area contributed by atoms with Gasteiger partial charge in [0.15, 0.2) is 5.76 Å². The lowest BCUT2D eigenvalue weighted by atomic mass is 9.96. The predicted octanol–water partition coefficient (Wildman–Crippen LogP) is 2.55. The lowest BCUT2D eigenvalue weighted by molar-refractivity contribution is -0.123. The van der Waals surface area contributed by atoms with Gasteiger partial charge in [0.2, 0.25) is 5.91 Å². The van der Waals surface area contributed by atoms with Crippen LogP contribution in [0.5, 0.6) is 0 Å². The second-order valence-corrected chi connectivity index (χ2v) is 7.25. The molecule has 2 heterocycles. The van der Waals surface area contributed by atoms with Crippen LogP contribution in [0.4, 0.5) is 0 Å². The van der Waals surface area contributed by atoms with Crippen LogP contribution < -0.4 is 5.32 Å². The third-order valence-corrected chi connectivity index (χ3v) is 4.90. The van der Waals surface area contributed by atoms with Gasteiger partial charge in [-0.25, -0.2) is 0 Å². The van der Waals surface area contributed by atoms with Crippen LogP contribution in [0.2, 0.25) is 0 Å². The number of piperazine rings is 1. The largest absolute Gasteiger partial charge is 0.459 e. The average molecular weight is 369 g/mol. The van der Waals surface area contributed by atoms with Gasteiger partial charge in [-0.05, 0) is 23.6 Å². The Bertz CT molecular complexity index is 735. The van der Waals surface area contributed by atoms with E-state index in [1.54, 1.807) is 17.0 Å². The fraction of sp³-hybridized carbons (Fsp3) is 0.429. The monoisotopic (exact) mass is 369 g/mol. The molecule has 1 atom stereocenters. The zero-order valence-corrected chi connectivity index (χ0v) is 15.9. The molecule has 0 spiro atoms. The molecule has 6 heteroatoms. The van der Waals surface area contributed by atoms with Crippen LogP contribution in [-0.4, -0.2) is 54.3 Å². The Morgan fingerprint density at radius 1 is 1.04 bits per heavy atom. The summed E-state index contributed by atoms with van der Waals surface area (Å²) >= 11 is 0. The van der Waals surface area contributed by atoms with Gasteiger partial charge in [-0.1, -0.05) is 44.2 Å². The van der Waals surface area contributed by atoms with Crippen molar-refractivity contribution in [1.82, 2.24) is 15.1 Å². The van der Waals surface area contributed by atoms with Crippen molar-refractivity contribution in [3.05, 3.63) is 60.1 Å². The summed E-state index contributed by atoms with van der Waals surface area (Å²) in [5.74, 6) is 0.597. The highest BCUT2D eigenvalue weighted by Gasteiger charge is 2.25. The first-order valence-corrected chi connectivity index (χ1v) is 9.44. The van der Waals surface area contributed by atoms with E-state index in [2.05, 4.69) is 24.1 Å². The number of hydrogen-bond acceptors (Lipinski definition) is 4. The maximum atomic E-state index is 12.6. The predicted molar refractivity (Wildman–Crippen MR) is 103 cm³/mol. The van der Waals surface area contributed by atoms with Gasteiger partial charge < -0.3 is 14.6 Å². The molecule has 1 unspecified atom stereocenters. The molecular weight excluding hydrogens is 342 g/mol. The van der Waals surface area contributed by atoms with E-state index in [0.29, 0.717) is 44.4 Å². The van der Waals surface area contributed by atoms with Crippen molar-refractivity contribution < 1.29 is 14.0 Å². The van der Waals surface area contributed by atoms with Gasteiger partial charge in [0.1, 0.15) is 0 Å². The van der Waals surface area contributed by atoms with Gasteiger partial charge in [0, 0.05) is 26.2 Å². The second-order valence-electron chi connectivity index (χ2n) is 7.25. The molecule has 1 fully saturated rings. The highest BCUT2D eigenvalue weighted by Crippen LogP contribution is 2.21. The normalized spacial score (nSPS) is 16.3. The summed E-state index contributed by atoms with van der Waals surface area (Å²) in [5.41, 5.74) is 1.12. The topological polar surface area (TPSA) is 65.8 Å². The van der Waals surface area contributed by atoms with Crippen LogP contribution in [0.15, 0.2) is 53.1 Å². The first-order chi connectivity index (χ1) is 13.0. The first kappa shape index (κ1) is 19.2. The quantitative estimate of drug-likeness (QED) is 0.850. The molecular formula is C21H27N3O3. The Hall–Kier alpha value is -2.60. The molecule has 1 aliphatic heterocycles. The van der Waals surface area contributed by atoms with Crippen molar-refractivity contribution in [1.29, 1.82) is 0 Å². The van der Waals surface area contributed by atoms with E-state index in [1.165, 1.54) is 6.26 Å². The molecule has 6 nitrogen and oxygen atoms in total. The SMILES string of the molecule is CC(C)C(NC(=O)CN1CCN(C(=O)c2ccco2)CC1)c1ccccc1. The molecule has 1 aromatic carbocycles. The number of rotatable bonds is 6. The maximum Gasteiger partial charge on any atom is 0.289 e. The lowest BCUT2D eigenvalue weighted by Crippen LogP contribution is -2.51. The zero-order chi connectivity index (χ0) is 19.2. The van der Waals surface area contributed by atoms with E-state index in [9.17, 15) is 9.59 Å². The van der Waals surface area contributed by atoms with Crippen LogP contribution in [0, 0.1) is 5.92 Å². The van der Waals surface area contributed by atoms with Gasteiger partial charge in [-0.2, -0.15) is 0 Å². The van der Waals surface area contributed by atoms with Crippen LogP contribution in [0.3, 0.4) is 0 Å². The average Bonchev–Trinajstić information content (AvgIpc) is 3.21.